The maximum Gasteiger partial charge on any atom is 0.328 e. The summed E-state index contributed by atoms with van der Waals surface area (Å²) < 4.78 is 0.572. The number of carboxylic acid groups (broad SMARTS) is 1. The van der Waals surface area contributed by atoms with Crippen molar-refractivity contribution < 1.29 is 19.5 Å². The van der Waals surface area contributed by atoms with E-state index in [4.69, 9.17) is 5.11 Å². The van der Waals surface area contributed by atoms with Crippen molar-refractivity contribution in [1.82, 2.24) is 10.2 Å². The zero-order chi connectivity index (χ0) is 14.9. The highest BCUT2D eigenvalue weighted by Crippen LogP contribution is 2.21. The summed E-state index contributed by atoms with van der Waals surface area (Å²) >= 11 is 3.27. The predicted molar refractivity (Wildman–Crippen MR) is 74.3 cm³/mol. The molecule has 0 spiro atoms. The molecule has 1 atom stereocenters. The van der Waals surface area contributed by atoms with E-state index >= 15 is 0 Å². The molecule has 0 radical (unpaired) electrons. The number of aliphatic carboxylic acids is 1. The van der Waals surface area contributed by atoms with Gasteiger partial charge in [0.25, 0.3) is 5.91 Å². The quantitative estimate of drug-likeness (QED) is 0.832. The molecule has 20 heavy (non-hydrogen) atoms. The number of carbonyl (C=O) groups excluding carboxylic acids is 2. The van der Waals surface area contributed by atoms with Crippen LogP contribution < -0.4 is 5.32 Å². The van der Waals surface area contributed by atoms with Gasteiger partial charge in [0.15, 0.2) is 0 Å². The first kappa shape index (κ1) is 14.5. The van der Waals surface area contributed by atoms with Crippen LogP contribution in [0.25, 0.3) is 0 Å². The fourth-order valence-corrected chi connectivity index (χ4v) is 2.45. The first-order valence-electron chi connectivity index (χ1n) is 5.97. The number of halogens is 1. The van der Waals surface area contributed by atoms with Gasteiger partial charge in [-0.1, -0.05) is 11.6 Å². The second-order valence-electron chi connectivity index (χ2n) is 4.57. The maximum absolute atomic E-state index is 12.5. The molecule has 2 rings (SSSR count). The number of carboxylic acids is 1. The van der Waals surface area contributed by atoms with Crippen LogP contribution in [-0.2, 0) is 9.59 Å². The summed E-state index contributed by atoms with van der Waals surface area (Å²) in [5.74, 6) is -1.97. The zero-order valence-corrected chi connectivity index (χ0v) is 12.3. The number of nitrogens with zero attached hydrogens (tertiary/aromatic N) is 1. The van der Waals surface area contributed by atoms with Gasteiger partial charge in [-0.25, -0.2) is 4.79 Å². The third kappa shape index (κ3) is 2.82. The van der Waals surface area contributed by atoms with Crippen molar-refractivity contribution in [2.45, 2.75) is 13.0 Å². The molecule has 1 unspecified atom stereocenters. The molecule has 2 N–H and O–H groups in total. The van der Waals surface area contributed by atoms with E-state index in [1.54, 1.807) is 12.1 Å². The largest absolute Gasteiger partial charge is 0.480 e. The molecule has 0 bridgehead atoms. The van der Waals surface area contributed by atoms with Crippen molar-refractivity contribution in [3.05, 3.63) is 33.8 Å². The molecule has 0 aromatic heterocycles. The Bertz CT molecular complexity index is 588. The summed E-state index contributed by atoms with van der Waals surface area (Å²) in [5, 5.41) is 11.6. The van der Waals surface area contributed by atoms with Crippen LogP contribution in [0.1, 0.15) is 15.9 Å². The molecule has 0 aliphatic carbocycles. The fraction of sp³-hybridized carbons (Fsp3) is 0.308. The van der Waals surface area contributed by atoms with Crippen molar-refractivity contribution in [1.29, 1.82) is 0 Å². The Morgan fingerprint density at radius 2 is 2.15 bits per heavy atom. The number of amides is 2. The number of nitrogens with one attached hydrogen (secondary N) is 1. The topological polar surface area (TPSA) is 86.7 Å². The number of benzene rings is 1. The van der Waals surface area contributed by atoms with Gasteiger partial charge in [-0.3, -0.25) is 9.59 Å². The van der Waals surface area contributed by atoms with Crippen molar-refractivity contribution in [3.8, 4) is 0 Å². The highest BCUT2D eigenvalue weighted by molar-refractivity contribution is 9.10. The van der Waals surface area contributed by atoms with Crippen LogP contribution in [0.4, 0.5) is 0 Å². The Labute approximate surface area is 123 Å². The van der Waals surface area contributed by atoms with Crippen LogP contribution in [0.2, 0.25) is 0 Å². The smallest absolute Gasteiger partial charge is 0.328 e. The van der Waals surface area contributed by atoms with Crippen molar-refractivity contribution >= 4 is 33.7 Å². The third-order valence-corrected chi connectivity index (χ3v) is 3.77. The van der Waals surface area contributed by atoms with Crippen LogP contribution in [-0.4, -0.2) is 46.9 Å². The summed E-state index contributed by atoms with van der Waals surface area (Å²) in [4.78, 5) is 36.2. The summed E-state index contributed by atoms with van der Waals surface area (Å²) in [6.07, 6.45) is 0. The first-order chi connectivity index (χ1) is 9.40. The number of carbonyl (C=O) groups is 3. The van der Waals surface area contributed by atoms with Crippen LogP contribution in [0.3, 0.4) is 0 Å². The number of rotatable bonds is 2. The van der Waals surface area contributed by atoms with Crippen molar-refractivity contribution in [2.75, 3.05) is 13.1 Å². The Morgan fingerprint density at radius 3 is 2.80 bits per heavy atom. The van der Waals surface area contributed by atoms with Crippen LogP contribution in [0.15, 0.2) is 22.7 Å². The van der Waals surface area contributed by atoms with E-state index in [-0.39, 0.29) is 19.0 Å². The third-order valence-electron chi connectivity index (χ3n) is 3.08. The predicted octanol–water partition coefficient (Wildman–Crippen LogP) is 0.783. The lowest BCUT2D eigenvalue weighted by Crippen LogP contribution is -2.59. The van der Waals surface area contributed by atoms with Gasteiger partial charge in [0.05, 0.1) is 5.56 Å². The Kier molecular flexibility index (Phi) is 4.08. The van der Waals surface area contributed by atoms with Crippen molar-refractivity contribution in [2.24, 2.45) is 0 Å². The maximum atomic E-state index is 12.5. The molecule has 106 valence electrons. The molecular weight excluding hydrogens is 328 g/mol. The fourth-order valence-electron chi connectivity index (χ4n) is 2.03. The van der Waals surface area contributed by atoms with Crippen LogP contribution >= 0.6 is 15.9 Å². The van der Waals surface area contributed by atoms with Gasteiger partial charge in [-0.2, -0.15) is 0 Å². The lowest BCUT2D eigenvalue weighted by molar-refractivity contribution is -0.144. The molecule has 1 fully saturated rings. The molecule has 1 aliphatic rings. The Hall–Kier alpha value is -1.89. The van der Waals surface area contributed by atoms with E-state index in [0.29, 0.717) is 10.0 Å². The molecule has 1 saturated heterocycles. The van der Waals surface area contributed by atoms with E-state index in [1.165, 1.54) is 0 Å². The molecular formula is C13H13BrN2O4. The van der Waals surface area contributed by atoms with Gasteiger partial charge in [0.2, 0.25) is 5.91 Å². The average Bonchev–Trinajstić information content (AvgIpc) is 2.40. The standard InChI is InChI=1S/C13H13BrN2O4/c1-7-2-3-9(14)8(4-7)12(18)16-6-11(17)15-5-10(16)13(19)20/h2-4,10H,5-6H2,1H3,(H,15,17)(H,19,20). The Balaban J connectivity index is 2.36. The number of hydrogen-bond donors (Lipinski definition) is 2. The molecule has 1 aromatic rings. The number of aryl methyl sites for hydroxylation is 1. The normalized spacial score (nSPS) is 18.6. The molecule has 1 aliphatic heterocycles. The minimum Gasteiger partial charge on any atom is -0.480 e. The second-order valence-corrected chi connectivity index (χ2v) is 5.43. The molecule has 6 nitrogen and oxygen atoms in total. The molecule has 1 heterocycles. The lowest BCUT2D eigenvalue weighted by Gasteiger charge is -2.33. The summed E-state index contributed by atoms with van der Waals surface area (Å²) in [6.45, 7) is 1.50. The van der Waals surface area contributed by atoms with E-state index in [9.17, 15) is 14.4 Å². The average molecular weight is 341 g/mol. The van der Waals surface area contributed by atoms with Crippen LogP contribution in [0.5, 0.6) is 0 Å². The molecule has 1 aromatic carbocycles. The van der Waals surface area contributed by atoms with Gasteiger partial charge in [0, 0.05) is 11.0 Å². The van der Waals surface area contributed by atoms with Gasteiger partial charge >= 0.3 is 5.97 Å². The minimum atomic E-state index is -1.14. The van der Waals surface area contributed by atoms with Gasteiger partial charge < -0.3 is 15.3 Å². The van der Waals surface area contributed by atoms with Gasteiger partial charge in [0.1, 0.15) is 12.6 Å². The minimum absolute atomic E-state index is 0.0800. The van der Waals surface area contributed by atoms with Crippen LogP contribution in [0, 0.1) is 6.92 Å². The number of piperazine rings is 1. The zero-order valence-electron chi connectivity index (χ0n) is 10.7. The first-order valence-corrected chi connectivity index (χ1v) is 6.76. The second kappa shape index (κ2) is 5.62. The molecule has 7 heteroatoms. The molecule has 2 amide bonds. The highest BCUT2D eigenvalue weighted by atomic mass is 79.9. The Morgan fingerprint density at radius 1 is 1.45 bits per heavy atom. The van der Waals surface area contributed by atoms with Gasteiger partial charge in [-0.05, 0) is 35.0 Å². The van der Waals surface area contributed by atoms with Crippen molar-refractivity contribution in [3.63, 3.8) is 0 Å². The monoisotopic (exact) mass is 340 g/mol. The molecule has 0 saturated carbocycles. The summed E-state index contributed by atoms with van der Waals surface area (Å²) in [6, 6.07) is 4.17. The van der Waals surface area contributed by atoms with Gasteiger partial charge in [-0.15, -0.1) is 0 Å². The summed E-state index contributed by atoms with van der Waals surface area (Å²) in [7, 11) is 0. The van der Waals surface area contributed by atoms with E-state index < -0.39 is 17.9 Å². The van der Waals surface area contributed by atoms with E-state index in [1.807, 2.05) is 13.0 Å². The van der Waals surface area contributed by atoms with E-state index in [2.05, 4.69) is 21.2 Å². The SMILES string of the molecule is Cc1ccc(Br)c(C(=O)N2CC(=O)NCC2C(=O)O)c1. The lowest BCUT2D eigenvalue weighted by atomic mass is 10.1. The highest BCUT2D eigenvalue weighted by Gasteiger charge is 2.36. The summed E-state index contributed by atoms with van der Waals surface area (Å²) in [5.41, 5.74) is 1.23. The van der Waals surface area contributed by atoms with E-state index in [0.717, 1.165) is 10.5 Å². The number of hydrogen-bond acceptors (Lipinski definition) is 3.